The molecule has 0 radical (unpaired) electrons. The summed E-state index contributed by atoms with van der Waals surface area (Å²) in [5.74, 6) is 0.895. The molecule has 4 aromatic rings. The number of hydrogen-bond donors (Lipinski definition) is 1. The number of aromatic nitrogens is 1. The summed E-state index contributed by atoms with van der Waals surface area (Å²) in [7, 11) is 0. The van der Waals surface area contributed by atoms with E-state index in [2.05, 4.69) is 35.1 Å². The van der Waals surface area contributed by atoms with Crippen molar-refractivity contribution in [1.82, 2.24) is 9.88 Å². The molecule has 0 bridgehead atoms. The molecule has 3 aromatic heterocycles. The van der Waals surface area contributed by atoms with Crippen LogP contribution in [-0.4, -0.2) is 36.1 Å². The highest BCUT2D eigenvalue weighted by Crippen LogP contribution is 2.37. The van der Waals surface area contributed by atoms with Gasteiger partial charge in [0, 0.05) is 35.1 Å². The molecule has 0 saturated heterocycles. The predicted molar refractivity (Wildman–Crippen MR) is 107 cm³/mol. The third kappa shape index (κ3) is 2.92. The van der Waals surface area contributed by atoms with Crippen molar-refractivity contribution in [2.24, 2.45) is 0 Å². The molecule has 3 heterocycles. The lowest BCUT2D eigenvalue weighted by molar-refractivity contribution is 0.303. The largest absolute Gasteiger partial charge is 0.464 e. The van der Waals surface area contributed by atoms with Crippen molar-refractivity contribution in [3.05, 3.63) is 36.2 Å². The van der Waals surface area contributed by atoms with Crippen molar-refractivity contribution in [1.29, 1.82) is 0 Å². The molecular formula is C21H25N3O2. The maximum atomic E-state index is 6.13. The number of anilines is 1. The van der Waals surface area contributed by atoms with Crippen LogP contribution in [-0.2, 0) is 0 Å². The molecule has 136 valence electrons. The summed E-state index contributed by atoms with van der Waals surface area (Å²) in [5, 5.41) is 6.74. The molecule has 5 nitrogen and oxygen atoms in total. The van der Waals surface area contributed by atoms with Gasteiger partial charge in [0.1, 0.15) is 22.6 Å². The van der Waals surface area contributed by atoms with Crippen LogP contribution in [0.3, 0.4) is 0 Å². The van der Waals surface area contributed by atoms with Gasteiger partial charge in [-0.25, -0.2) is 4.98 Å². The molecule has 4 rings (SSSR count). The Labute approximate surface area is 153 Å². The first kappa shape index (κ1) is 16.9. The highest BCUT2D eigenvalue weighted by Gasteiger charge is 2.16. The third-order valence-electron chi connectivity index (χ3n) is 5.08. The van der Waals surface area contributed by atoms with Crippen LogP contribution in [0.5, 0.6) is 0 Å². The number of pyridine rings is 1. The lowest BCUT2D eigenvalue weighted by Gasteiger charge is -2.17. The maximum Gasteiger partial charge on any atom is 0.143 e. The highest BCUT2D eigenvalue weighted by molar-refractivity contribution is 6.14. The Balaban J connectivity index is 1.68. The second-order valence-electron chi connectivity index (χ2n) is 6.71. The maximum absolute atomic E-state index is 6.13. The van der Waals surface area contributed by atoms with Crippen LogP contribution in [0, 0.1) is 6.92 Å². The second kappa shape index (κ2) is 7.00. The number of benzene rings is 1. The fourth-order valence-corrected chi connectivity index (χ4v) is 3.53. The summed E-state index contributed by atoms with van der Waals surface area (Å²) in [6.45, 7) is 10.6. The zero-order chi connectivity index (χ0) is 18.1. The first-order chi connectivity index (χ1) is 12.7. The van der Waals surface area contributed by atoms with Crippen molar-refractivity contribution < 1.29 is 8.83 Å². The normalized spacial score (nSPS) is 12.0. The average Bonchev–Trinajstić information content (AvgIpc) is 3.26. The van der Waals surface area contributed by atoms with Crippen LogP contribution in [0.25, 0.3) is 32.9 Å². The molecule has 0 saturated carbocycles. The van der Waals surface area contributed by atoms with Crippen molar-refractivity contribution >= 4 is 38.7 Å². The third-order valence-corrected chi connectivity index (χ3v) is 5.08. The van der Waals surface area contributed by atoms with Gasteiger partial charge in [0.15, 0.2) is 0 Å². The molecule has 1 aromatic carbocycles. The minimum atomic E-state index is 0.838. The van der Waals surface area contributed by atoms with Gasteiger partial charge in [-0.15, -0.1) is 0 Å². The zero-order valence-corrected chi connectivity index (χ0v) is 15.6. The monoisotopic (exact) mass is 351 g/mol. The van der Waals surface area contributed by atoms with Crippen LogP contribution in [0.2, 0.25) is 0 Å². The smallest absolute Gasteiger partial charge is 0.143 e. The SMILES string of the molecule is CCN(CC)CCCNc1ncc(C)c2oc3cc4occc4cc3c12. The van der Waals surface area contributed by atoms with E-state index in [1.807, 2.05) is 25.3 Å². The zero-order valence-electron chi connectivity index (χ0n) is 15.6. The molecule has 0 atom stereocenters. The van der Waals surface area contributed by atoms with E-state index in [0.717, 1.165) is 76.9 Å². The Morgan fingerprint density at radius 1 is 1.15 bits per heavy atom. The van der Waals surface area contributed by atoms with E-state index in [-0.39, 0.29) is 0 Å². The molecule has 0 aliphatic heterocycles. The summed E-state index contributed by atoms with van der Waals surface area (Å²) >= 11 is 0. The van der Waals surface area contributed by atoms with Crippen molar-refractivity contribution in [2.45, 2.75) is 27.2 Å². The number of rotatable bonds is 7. The summed E-state index contributed by atoms with van der Waals surface area (Å²) in [6, 6.07) is 6.07. The van der Waals surface area contributed by atoms with E-state index >= 15 is 0 Å². The Hall–Kier alpha value is -2.53. The minimum absolute atomic E-state index is 0.838. The van der Waals surface area contributed by atoms with Crippen LogP contribution >= 0.6 is 0 Å². The molecular weight excluding hydrogens is 326 g/mol. The van der Waals surface area contributed by atoms with E-state index in [9.17, 15) is 0 Å². The van der Waals surface area contributed by atoms with E-state index in [4.69, 9.17) is 8.83 Å². The first-order valence-electron chi connectivity index (χ1n) is 9.36. The fraction of sp³-hybridized carbons (Fsp3) is 0.381. The Morgan fingerprint density at radius 3 is 2.81 bits per heavy atom. The van der Waals surface area contributed by atoms with Gasteiger partial charge in [-0.1, -0.05) is 13.8 Å². The molecule has 1 N–H and O–H groups in total. The van der Waals surface area contributed by atoms with E-state index in [1.54, 1.807) is 6.26 Å². The number of nitrogens with one attached hydrogen (secondary N) is 1. The average molecular weight is 351 g/mol. The van der Waals surface area contributed by atoms with E-state index in [1.165, 1.54) is 0 Å². The molecule has 26 heavy (non-hydrogen) atoms. The lowest BCUT2D eigenvalue weighted by atomic mass is 10.1. The Morgan fingerprint density at radius 2 is 2.00 bits per heavy atom. The molecule has 0 aliphatic rings. The number of aryl methyl sites for hydroxylation is 1. The first-order valence-corrected chi connectivity index (χ1v) is 9.36. The van der Waals surface area contributed by atoms with Crippen molar-refractivity contribution in [3.8, 4) is 0 Å². The quantitative estimate of drug-likeness (QED) is 0.465. The molecule has 5 heteroatoms. The van der Waals surface area contributed by atoms with Crippen LogP contribution in [0.1, 0.15) is 25.8 Å². The molecule has 0 unspecified atom stereocenters. The van der Waals surface area contributed by atoms with Gasteiger partial charge in [-0.3, -0.25) is 0 Å². The molecule has 0 spiro atoms. The van der Waals surface area contributed by atoms with Gasteiger partial charge in [0.2, 0.25) is 0 Å². The van der Waals surface area contributed by atoms with E-state index in [0.29, 0.717) is 0 Å². The number of furan rings is 2. The molecule has 0 fully saturated rings. The fourth-order valence-electron chi connectivity index (χ4n) is 3.53. The van der Waals surface area contributed by atoms with Crippen LogP contribution in [0.15, 0.2) is 39.5 Å². The molecule has 0 aliphatic carbocycles. The van der Waals surface area contributed by atoms with E-state index < -0.39 is 0 Å². The van der Waals surface area contributed by atoms with Gasteiger partial charge in [-0.05, 0) is 45.1 Å². The predicted octanol–water partition coefficient (Wildman–Crippen LogP) is 5.18. The van der Waals surface area contributed by atoms with Gasteiger partial charge < -0.3 is 19.1 Å². The summed E-state index contributed by atoms with van der Waals surface area (Å²) in [6.07, 6.45) is 4.67. The Kier molecular flexibility index (Phi) is 4.55. The van der Waals surface area contributed by atoms with Crippen molar-refractivity contribution in [3.63, 3.8) is 0 Å². The summed E-state index contributed by atoms with van der Waals surface area (Å²) in [5.41, 5.74) is 3.62. The van der Waals surface area contributed by atoms with Gasteiger partial charge in [0.05, 0.1) is 11.6 Å². The topological polar surface area (TPSA) is 54.4 Å². The summed E-state index contributed by atoms with van der Waals surface area (Å²) < 4.78 is 11.6. The van der Waals surface area contributed by atoms with Crippen LogP contribution in [0.4, 0.5) is 5.82 Å². The molecule has 0 amide bonds. The van der Waals surface area contributed by atoms with Crippen LogP contribution < -0.4 is 5.32 Å². The standard InChI is InChI=1S/C21H25N3O2/c1-4-24(5-2)9-6-8-22-21-19-16-11-15-7-10-25-17(15)12-18(16)26-20(19)14(3)13-23-21/h7,10-13H,4-6,8-9H2,1-3H3,(H,22,23). The van der Waals surface area contributed by atoms with Gasteiger partial charge in [0.25, 0.3) is 0 Å². The summed E-state index contributed by atoms with van der Waals surface area (Å²) in [4.78, 5) is 7.08. The van der Waals surface area contributed by atoms with Gasteiger partial charge >= 0.3 is 0 Å². The lowest BCUT2D eigenvalue weighted by Crippen LogP contribution is -2.25. The minimum Gasteiger partial charge on any atom is -0.464 e. The van der Waals surface area contributed by atoms with Gasteiger partial charge in [-0.2, -0.15) is 0 Å². The highest BCUT2D eigenvalue weighted by atomic mass is 16.3. The number of hydrogen-bond acceptors (Lipinski definition) is 5. The Bertz CT molecular complexity index is 1040. The van der Waals surface area contributed by atoms with Crippen molar-refractivity contribution in [2.75, 3.05) is 31.5 Å². The number of nitrogens with zero attached hydrogens (tertiary/aromatic N) is 2. The second-order valence-corrected chi connectivity index (χ2v) is 6.71. The number of fused-ring (bicyclic) bond motifs is 4.